The molecule has 4 rings (SSSR count). The van der Waals surface area contributed by atoms with Crippen molar-refractivity contribution in [1.29, 1.82) is 0 Å². The number of hydrogen-bond acceptors (Lipinski definition) is 6. The highest BCUT2D eigenvalue weighted by atomic mass is 16.2. The van der Waals surface area contributed by atoms with Crippen molar-refractivity contribution in [3.63, 3.8) is 0 Å². The van der Waals surface area contributed by atoms with Crippen LogP contribution in [-0.4, -0.2) is 42.0 Å². The minimum atomic E-state index is -0.480. The van der Waals surface area contributed by atoms with Gasteiger partial charge in [-0.3, -0.25) is 9.69 Å². The van der Waals surface area contributed by atoms with Gasteiger partial charge in [0.2, 0.25) is 11.9 Å². The summed E-state index contributed by atoms with van der Waals surface area (Å²) in [6.07, 6.45) is 5.98. The third-order valence-electron chi connectivity index (χ3n) is 5.50. The van der Waals surface area contributed by atoms with Crippen molar-refractivity contribution >= 4 is 23.5 Å². The number of anilines is 1. The Morgan fingerprint density at radius 2 is 1.92 bits per heavy atom. The van der Waals surface area contributed by atoms with Crippen LogP contribution in [0.3, 0.4) is 0 Å². The number of benzene rings is 1. The molecule has 25 heavy (non-hydrogen) atoms. The van der Waals surface area contributed by atoms with Crippen LogP contribution in [0.1, 0.15) is 48.0 Å². The second kappa shape index (κ2) is 5.75. The maximum absolute atomic E-state index is 12.6. The number of amides is 1. The standard InChI is InChI=1S/C18H24N6O/c1-23-10-7-12-5-6-13(11-14(12)15(23)25)24-17(20)21-16(19)22-18(24)8-3-2-4-9-18/h5-6,11H,2-4,7-10H2,1H3,(H4,19,20,21,22). The summed E-state index contributed by atoms with van der Waals surface area (Å²) < 4.78 is 0. The van der Waals surface area contributed by atoms with Crippen molar-refractivity contribution in [2.45, 2.75) is 44.2 Å². The van der Waals surface area contributed by atoms with Crippen molar-refractivity contribution < 1.29 is 4.79 Å². The molecule has 1 spiro atoms. The topological polar surface area (TPSA) is 100 Å². The van der Waals surface area contributed by atoms with E-state index in [1.807, 2.05) is 30.1 Å². The zero-order valence-electron chi connectivity index (χ0n) is 14.5. The van der Waals surface area contributed by atoms with E-state index in [-0.39, 0.29) is 11.9 Å². The number of aliphatic imine (C=N–C) groups is 2. The average molecular weight is 340 g/mol. The van der Waals surface area contributed by atoms with E-state index in [0.29, 0.717) is 5.96 Å². The summed E-state index contributed by atoms with van der Waals surface area (Å²) in [4.78, 5) is 25.2. The van der Waals surface area contributed by atoms with E-state index < -0.39 is 5.66 Å². The summed E-state index contributed by atoms with van der Waals surface area (Å²) in [7, 11) is 1.84. The summed E-state index contributed by atoms with van der Waals surface area (Å²) in [5.41, 5.74) is 14.4. The lowest BCUT2D eigenvalue weighted by atomic mass is 9.87. The molecule has 7 nitrogen and oxygen atoms in total. The predicted molar refractivity (Wildman–Crippen MR) is 98.6 cm³/mol. The number of guanidine groups is 2. The molecule has 7 heteroatoms. The van der Waals surface area contributed by atoms with Crippen LogP contribution < -0.4 is 16.4 Å². The lowest BCUT2D eigenvalue weighted by molar-refractivity contribution is 0.0781. The zero-order valence-corrected chi connectivity index (χ0v) is 14.5. The first-order chi connectivity index (χ1) is 12.0. The quantitative estimate of drug-likeness (QED) is 0.807. The SMILES string of the molecule is CN1CCc2ccc(N3C(N)=NC(N)=NC34CCCCC4)cc2C1=O. The smallest absolute Gasteiger partial charge is 0.253 e. The van der Waals surface area contributed by atoms with Crippen LogP contribution >= 0.6 is 0 Å². The Labute approximate surface area is 147 Å². The van der Waals surface area contributed by atoms with Crippen LogP contribution in [0.4, 0.5) is 5.69 Å². The van der Waals surface area contributed by atoms with Crippen molar-refractivity contribution in [3.8, 4) is 0 Å². The molecule has 0 unspecified atom stereocenters. The van der Waals surface area contributed by atoms with Crippen LogP contribution in [0.25, 0.3) is 0 Å². The summed E-state index contributed by atoms with van der Waals surface area (Å²) in [5, 5.41) is 0. The summed E-state index contributed by atoms with van der Waals surface area (Å²) in [6, 6.07) is 5.98. The van der Waals surface area contributed by atoms with Gasteiger partial charge in [0.15, 0.2) is 0 Å². The molecule has 1 amide bonds. The highest BCUT2D eigenvalue weighted by Crippen LogP contribution is 2.40. The molecule has 1 saturated carbocycles. The van der Waals surface area contributed by atoms with E-state index in [2.05, 4.69) is 9.98 Å². The lowest BCUT2D eigenvalue weighted by Gasteiger charge is -2.45. The Balaban J connectivity index is 1.80. The highest BCUT2D eigenvalue weighted by Gasteiger charge is 2.42. The molecule has 0 radical (unpaired) electrons. The fraction of sp³-hybridized carbons (Fsp3) is 0.500. The van der Waals surface area contributed by atoms with E-state index >= 15 is 0 Å². The van der Waals surface area contributed by atoms with Gasteiger partial charge in [-0.1, -0.05) is 12.5 Å². The van der Waals surface area contributed by atoms with Crippen molar-refractivity contribution in [2.75, 3.05) is 18.5 Å². The van der Waals surface area contributed by atoms with Gasteiger partial charge in [0, 0.05) is 24.8 Å². The largest absolute Gasteiger partial charge is 0.369 e. The number of nitrogens with two attached hydrogens (primary N) is 2. The monoisotopic (exact) mass is 340 g/mol. The van der Waals surface area contributed by atoms with Crippen molar-refractivity contribution in [3.05, 3.63) is 29.3 Å². The second-order valence-electron chi connectivity index (χ2n) is 7.14. The molecule has 0 aromatic heterocycles. The van der Waals surface area contributed by atoms with Crippen LogP contribution in [0.2, 0.25) is 0 Å². The van der Waals surface area contributed by atoms with E-state index in [9.17, 15) is 4.79 Å². The van der Waals surface area contributed by atoms with Crippen molar-refractivity contribution in [2.24, 2.45) is 21.5 Å². The molecule has 0 atom stereocenters. The van der Waals surface area contributed by atoms with Gasteiger partial charge in [-0.05, 0) is 49.8 Å². The molecule has 2 aliphatic heterocycles. The lowest BCUT2D eigenvalue weighted by Crippen LogP contribution is -2.58. The van der Waals surface area contributed by atoms with Crippen LogP contribution in [0.5, 0.6) is 0 Å². The number of fused-ring (bicyclic) bond motifs is 1. The predicted octanol–water partition coefficient (Wildman–Crippen LogP) is 1.42. The first-order valence-corrected chi connectivity index (χ1v) is 8.88. The first kappa shape index (κ1) is 15.9. The number of carbonyl (C=O) groups is 1. The minimum Gasteiger partial charge on any atom is -0.369 e. The van der Waals surface area contributed by atoms with Gasteiger partial charge in [-0.25, -0.2) is 4.99 Å². The Bertz CT molecular complexity index is 778. The molecule has 2 heterocycles. The molecule has 1 aliphatic carbocycles. The van der Waals surface area contributed by atoms with Gasteiger partial charge in [0.1, 0.15) is 5.66 Å². The van der Waals surface area contributed by atoms with E-state index in [1.165, 1.54) is 6.42 Å². The fourth-order valence-electron chi connectivity index (χ4n) is 4.21. The summed E-state index contributed by atoms with van der Waals surface area (Å²) >= 11 is 0. The molecule has 132 valence electrons. The number of hydrogen-bond donors (Lipinski definition) is 2. The molecule has 0 bridgehead atoms. The van der Waals surface area contributed by atoms with Crippen LogP contribution in [0, 0.1) is 0 Å². The van der Waals surface area contributed by atoms with Gasteiger partial charge in [0.05, 0.1) is 0 Å². The third-order valence-corrected chi connectivity index (χ3v) is 5.50. The maximum atomic E-state index is 12.6. The van der Waals surface area contributed by atoms with E-state index in [1.54, 1.807) is 4.90 Å². The molecule has 3 aliphatic rings. The number of carbonyl (C=O) groups excluding carboxylic acids is 1. The molecular weight excluding hydrogens is 316 g/mol. The Hall–Kier alpha value is -2.57. The van der Waals surface area contributed by atoms with E-state index in [4.69, 9.17) is 11.5 Å². The Morgan fingerprint density at radius 3 is 2.68 bits per heavy atom. The molecule has 0 saturated heterocycles. The van der Waals surface area contributed by atoms with Crippen molar-refractivity contribution in [1.82, 2.24) is 4.90 Å². The minimum absolute atomic E-state index is 0.0522. The average Bonchev–Trinajstić information content (AvgIpc) is 2.58. The van der Waals surface area contributed by atoms with Gasteiger partial charge in [-0.2, -0.15) is 4.99 Å². The summed E-state index contributed by atoms with van der Waals surface area (Å²) in [5.74, 6) is 0.645. The normalized spacial score (nSPS) is 22.5. The molecule has 1 fully saturated rings. The first-order valence-electron chi connectivity index (χ1n) is 8.88. The molecule has 4 N–H and O–H groups in total. The third kappa shape index (κ3) is 2.54. The van der Waals surface area contributed by atoms with Gasteiger partial charge >= 0.3 is 0 Å². The highest BCUT2D eigenvalue weighted by molar-refractivity contribution is 6.06. The molecule has 1 aromatic rings. The second-order valence-corrected chi connectivity index (χ2v) is 7.14. The van der Waals surface area contributed by atoms with Gasteiger partial charge in [0.25, 0.3) is 5.91 Å². The number of likely N-dealkylation sites (N-methyl/N-ethyl adjacent to an activating group) is 1. The fourth-order valence-corrected chi connectivity index (χ4v) is 4.21. The van der Waals surface area contributed by atoms with Gasteiger partial charge < -0.3 is 16.4 Å². The maximum Gasteiger partial charge on any atom is 0.253 e. The molecular formula is C18H24N6O. The number of rotatable bonds is 1. The number of nitrogens with zero attached hydrogens (tertiary/aromatic N) is 4. The van der Waals surface area contributed by atoms with Gasteiger partial charge in [-0.15, -0.1) is 0 Å². The van der Waals surface area contributed by atoms with Crippen LogP contribution in [-0.2, 0) is 6.42 Å². The Kier molecular flexibility index (Phi) is 3.67. The van der Waals surface area contributed by atoms with E-state index in [0.717, 1.165) is 55.5 Å². The zero-order chi connectivity index (χ0) is 17.6. The Morgan fingerprint density at radius 1 is 1.16 bits per heavy atom. The van der Waals surface area contributed by atoms with Crippen LogP contribution in [0.15, 0.2) is 28.2 Å². The summed E-state index contributed by atoms with van der Waals surface area (Å²) in [6.45, 7) is 0.753. The molecule has 1 aromatic carbocycles.